The van der Waals surface area contributed by atoms with Gasteiger partial charge in [-0.15, -0.1) is 0 Å². The first kappa shape index (κ1) is 8.54. The highest BCUT2D eigenvalue weighted by Crippen LogP contribution is 2.01. The Balaban J connectivity index is 3.49. The molecule has 9 heavy (non-hydrogen) atoms. The molecule has 0 radical (unpaired) electrons. The third-order valence-electron chi connectivity index (χ3n) is 0.913. The lowest BCUT2D eigenvalue weighted by Gasteiger charge is -2.08. The molecule has 0 unspecified atom stereocenters. The summed E-state index contributed by atoms with van der Waals surface area (Å²) < 4.78 is 5.35. The van der Waals surface area contributed by atoms with Gasteiger partial charge >= 0.3 is 0 Å². The first-order valence-corrected chi connectivity index (χ1v) is 3.50. The smallest absolute Gasteiger partial charge is 0.0926 e. The van der Waals surface area contributed by atoms with E-state index >= 15 is 0 Å². The fourth-order valence-corrected chi connectivity index (χ4v) is 0.707. The lowest BCUT2D eigenvalue weighted by atomic mass is 10.4. The molecule has 0 aliphatic rings. The maximum Gasteiger partial charge on any atom is 0.0926 e. The average Bonchev–Trinajstić information content (AvgIpc) is 1.63. The van der Waals surface area contributed by atoms with Crippen LogP contribution in [-0.2, 0) is 4.74 Å². The van der Waals surface area contributed by atoms with Crippen LogP contribution in [0.5, 0.6) is 0 Å². The molecule has 0 saturated carbocycles. The molecule has 0 fully saturated rings. The third kappa shape index (κ3) is 5.41. The molecule has 0 aromatic carbocycles. The summed E-state index contributed by atoms with van der Waals surface area (Å²) in [5, 5.41) is 0. The molecule has 0 N–H and O–H groups in total. The highest BCUT2D eigenvalue weighted by molar-refractivity contribution is 4.87. The van der Waals surface area contributed by atoms with Crippen LogP contribution in [0.2, 0.25) is 0 Å². The van der Waals surface area contributed by atoms with E-state index in [4.69, 9.17) is 4.74 Å². The van der Waals surface area contributed by atoms with Crippen LogP contribution in [0.1, 0.15) is 34.1 Å². The van der Waals surface area contributed by atoms with Crippen molar-refractivity contribution in [2.24, 2.45) is 0 Å². The van der Waals surface area contributed by atoms with E-state index in [-0.39, 0.29) is 0 Å². The van der Waals surface area contributed by atoms with E-state index in [1.165, 1.54) is 0 Å². The SMILES string of the molecule is CCC=C(C)OC(C)C. The van der Waals surface area contributed by atoms with Crippen molar-refractivity contribution >= 4 is 0 Å². The van der Waals surface area contributed by atoms with Gasteiger partial charge in [0.2, 0.25) is 0 Å². The van der Waals surface area contributed by atoms with Crippen molar-refractivity contribution in [2.75, 3.05) is 0 Å². The van der Waals surface area contributed by atoms with E-state index in [9.17, 15) is 0 Å². The van der Waals surface area contributed by atoms with Crippen LogP contribution in [0.4, 0.5) is 0 Å². The van der Waals surface area contributed by atoms with Crippen molar-refractivity contribution in [2.45, 2.75) is 40.2 Å². The number of hydrogen-bond acceptors (Lipinski definition) is 1. The van der Waals surface area contributed by atoms with Gasteiger partial charge in [-0.25, -0.2) is 0 Å². The number of ether oxygens (including phenoxy) is 1. The van der Waals surface area contributed by atoms with Gasteiger partial charge in [0.15, 0.2) is 0 Å². The van der Waals surface area contributed by atoms with Crippen molar-refractivity contribution in [3.05, 3.63) is 11.8 Å². The second-order valence-electron chi connectivity index (χ2n) is 2.39. The van der Waals surface area contributed by atoms with Gasteiger partial charge in [-0.1, -0.05) is 6.92 Å². The maximum absolute atomic E-state index is 5.35. The Hall–Kier alpha value is -0.460. The van der Waals surface area contributed by atoms with Crippen molar-refractivity contribution < 1.29 is 4.74 Å². The molecule has 1 nitrogen and oxygen atoms in total. The summed E-state index contributed by atoms with van der Waals surface area (Å²) in [4.78, 5) is 0. The van der Waals surface area contributed by atoms with Gasteiger partial charge in [0.1, 0.15) is 0 Å². The first-order chi connectivity index (χ1) is 4.16. The number of allylic oxidation sites excluding steroid dienone is 2. The molecular weight excluding hydrogens is 112 g/mol. The fraction of sp³-hybridized carbons (Fsp3) is 0.750. The molecule has 1 heteroatoms. The predicted molar refractivity (Wildman–Crippen MR) is 40.3 cm³/mol. The van der Waals surface area contributed by atoms with Crippen LogP contribution in [-0.4, -0.2) is 6.10 Å². The molecule has 0 aliphatic heterocycles. The van der Waals surface area contributed by atoms with Crippen LogP contribution in [0, 0.1) is 0 Å². The van der Waals surface area contributed by atoms with Crippen molar-refractivity contribution in [1.82, 2.24) is 0 Å². The predicted octanol–water partition coefficient (Wildman–Crippen LogP) is 2.73. The average molecular weight is 128 g/mol. The molecule has 0 atom stereocenters. The Morgan fingerprint density at radius 1 is 1.56 bits per heavy atom. The van der Waals surface area contributed by atoms with Crippen LogP contribution in [0.3, 0.4) is 0 Å². The van der Waals surface area contributed by atoms with Crippen molar-refractivity contribution in [3.63, 3.8) is 0 Å². The van der Waals surface area contributed by atoms with Gasteiger partial charge in [0, 0.05) is 0 Å². The summed E-state index contributed by atoms with van der Waals surface area (Å²) in [6.07, 6.45) is 3.45. The summed E-state index contributed by atoms with van der Waals surface area (Å²) in [5.74, 6) is 1.03. The Morgan fingerprint density at radius 2 is 2.11 bits per heavy atom. The number of rotatable bonds is 3. The van der Waals surface area contributed by atoms with Crippen molar-refractivity contribution in [1.29, 1.82) is 0 Å². The van der Waals surface area contributed by atoms with Crippen molar-refractivity contribution in [3.8, 4) is 0 Å². The summed E-state index contributed by atoms with van der Waals surface area (Å²) >= 11 is 0. The lowest BCUT2D eigenvalue weighted by molar-refractivity contribution is 0.148. The minimum Gasteiger partial charge on any atom is -0.496 e. The second-order valence-corrected chi connectivity index (χ2v) is 2.39. The summed E-state index contributed by atoms with van der Waals surface area (Å²) in [7, 11) is 0. The topological polar surface area (TPSA) is 9.23 Å². The molecule has 0 aromatic heterocycles. The number of hydrogen-bond donors (Lipinski definition) is 0. The molecule has 0 aromatic rings. The zero-order chi connectivity index (χ0) is 7.28. The van der Waals surface area contributed by atoms with Crippen LogP contribution in [0.25, 0.3) is 0 Å². The zero-order valence-electron chi connectivity index (χ0n) is 6.77. The lowest BCUT2D eigenvalue weighted by Crippen LogP contribution is -1.99. The van der Waals surface area contributed by atoms with E-state index in [0.29, 0.717) is 6.10 Å². The van der Waals surface area contributed by atoms with Gasteiger partial charge in [-0.3, -0.25) is 0 Å². The largest absolute Gasteiger partial charge is 0.496 e. The highest BCUT2D eigenvalue weighted by atomic mass is 16.5. The third-order valence-corrected chi connectivity index (χ3v) is 0.913. The fourth-order valence-electron chi connectivity index (χ4n) is 0.707. The van der Waals surface area contributed by atoms with Crippen LogP contribution >= 0.6 is 0 Å². The Morgan fingerprint density at radius 3 is 2.44 bits per heavy atom. The standard InChI is InChI=1S/C8H16O/c1-5-6-8(4)9-7(2)3/h6-7H,5H2,1-4H3. The van der Waals surface area contributed by atoms with Crippen LogP contribution < -0.4 is 0 Å². The molecule has 0 bridgehead atoms. The maximum atomic E-state index is 5.35. The van der Waals surface area contributed by atoms with Gasteiger partial charge in [0.25, 0.3) is 0 Å². The molecular formula is C8H16O. The minimum atomic E-state index is 0.313. The summed E-state index contributed by atoms with van der Waals surface area (Å²) in [6.45, 7) is 8.16. The van der Waals surface area contributed by atoms with Gasteiger partial charge in [-0.05, 0) is 33.3 Å². The molecule has 0 saturated heterocycles. The first-order valence-electron chi connectivity index (χ1n) is 3.50. The Bertz CT molecular complexity index is 92.7. The van der Waals surface area contributed by atoms with E-state index in [1.54, 1.807) is 0 Å². The van der Waals surface area contributed by atoms with E-state index in [2.05, 4.69) is 13.0 Å². The molecule has 54 valence electrons. The van der Waals surface area contributed by atoms with Gasteiger partial charge in [0.05, 0.1) is 11.9 Å². The normalized spacial score (nSPS) is 12.3. The zero-order valence-corrected chi connectivity index (χ0v) is 6.77. The second kappa shape index (κ2) is 4.42. The van der Waals surface area contributed by atoms with Gasteiger partial charge in [-0.2, -0.15) is 0 Å². The van der Waals surface area contributed by atoms with E-state index in [0.717, 1.165) is 12.2 Å². The quantitative estimate of drug-likeness (QED) is 0.531. The molecule has 0 rings (SSSR count). The molecule has 0 spiro atoms. The summed E-state index contributed by atoms with van der Waals surface area (Å²) in [5.41, 5.74) is 0. The Labute approximate surface area is 57.7 Å². The van der Waals surface area contributed by atoms with Crippen LogP contribution in [0.15, 0.2) is 11.8 Å². The van der Waals surface area contributed by atoms with E-state index in [1.807, 2.05) is 20.8 Å². The Kier molecular flexibility index (Phi) is 4.20. The molecule has 0 heterocycles. The monoisotopic (exact) mass is 128 g/mol. The van der Waals surface area contributed by atoms with E-state index < -0.39 is 0 Å². The molecule has 0 aliphatic carbocycles. The van der Waals surface area contributed by atoms with Gasteiger partial charge < -0.3 is 4.74 Å². The summed E-state index contributed by atoms with van der Waals surface area (Å²) in [6, 6.07) is 0. The molecule has 0 amide bonds. The highest BCUT2D eigenvalue weighted by Gasteiger charge is 1.91. The minimum absolute atomic E-state index is 0.313.